The molecule has 2 aromatic carbocycles. The summed E-state index contributed by atoms with van der Waals surface area (Å²) in [4.78, 5) is 11.9. The molecule has 1 N–H and O–H groups in total. The minimum absolute atomic E-state index is 0.271. The Kier molecular flexibility index (Phi) is 5.32. The quantitative estimate of drug-likeness (QED) is 0.347. The van der Waals surface area contributed by atoms with Crippen LogP contribution in [0.3, 0.4) is 0 Å². The van der Waals surface area contributed by atoms with Gasteiger partial charge in [0.25, 0.3) is 5.91 Å². The van der Waals surface area contributed by atoms with E-state index >= 15 is 0 Å². The highest BCUT2D eigenvalue weighted by molar-refractivity contribution is 14.1. The average Bonchev–Trinajstić information content (AvgIpc) is 3.05. The lowest BCUT2D eigenvalue weighted by atomic mass is 10.2. The number of carbonyl (C=O) groups excluding carboxylic acids is 1. The standard InChI is InChI=1S/C18H12ClIN2O2/c19-14-5-1-12(2-6-14)17-10-9-16(24-17)11-21-22-18(23)13-3-7-15(20)8-4-13/h1-11H,(H,22,23)/b21-11+. The molecule has 1 amide bonds. The highest BCUT2D eigenvalue weighted by atomic mass is 127. The Morgan fingerprint density at radius 1 is 1.04 bits per heavy atom. The van der Waals surface area contributed by atoms with Crippen molar-refractivity contribution in [3.63, 3.8) is 0 Å². The van der Waals surface area contributed by atoms with Gasteiger partial charge in [-0.3, -0.25) is 4.79 Å². The van der Waals surface area contributed by atoms with Crippen molar-refractivity contribution in [2.24, 2.45) is 5.10 Å². The lowest BCUT2D eigenvalue weighted by molar-refractivity contribution is 0.0955. The zero-order chi connectivity index (χ0) is 16.9. The summed E-state index contributed by atoms with van der Waals surface area (Å²) in [5, 5.41) is 4.59. The van der Waals surface area contributed by atoms with Gasteiger partial charge in [0.1, 0.15) is 11.5 Å². The van der Waals surface area contributed by atoms with E-state index in [4.69, 9.17) is 16.0 Å². The molecule has 0 fully saturated rings. The van der Waals surface area contributed by atoms with Crippen molar-refractivity contribution in [3.8, 4) is 11.3 Å². The summed E-state index contributed by atoms with van der Waals surface area (Å²) in [5.74, 6) is 0.979. The smallest absolute Gasteiger partial charge is 0.271 e. The first-order chi connectivity index (χ1) is 11.6. The van der Waals surface area contributed by atoms with Gasteiger partial charge in [0.15, 0.2) is 0 Å². The molecule has 0 unspecified atom stereocenters. The number of nitrogens with zero attached hydrogens (tertiary/aromatic N) is 1. The number of halogens is 2. The zero-order valence-electron chi connectivity index (χ0n) is 12.4. The van der Waals surface area contributed by atoms with Crippen LogP contribution in [0.15, 0.2) is 70.2 Å². The number of hydrogen-bond donors (Lipinski definition) is 1. The van der Waals surface area contributed by atoms with Gasteiger partial charge < -0.3 is 4.42 Å². The van der Waals surface area contributed by atoms with Crippen LogP contribution in [-0.4, -0.2) is 12.1 Å². The number of carbonyl (C=O) groups is 1. The second-order valence-electron chi connectivity index (χ2n) is 4.91. The van der Waals surface area contributed by atoms with E-state index in [2.05, 4.69) is 33.1 Å². The van der Waals surface area contributed by atoms with Crippen molar-refractivity contribution in [1.29, 1.82) is 0 Å². The lowest BCUT2D eigenvalue weighted by Crippen LogP contribution is -2.17. The average molecular weight is 451 g/mol. The first-order valence-electron chi connectivity index (χ1n) is 7.06. The van der Waals surface area contributed by atoms with Crippen LogP contribution in [0.4, 0.5) is 0 Å². The molecule has 3 rings (SSSR count). The molecule has 0 aliphatic heterocycles. The highest BCUT2D eigenvalue weighted by Crippen LogP contribution is 2.23. The van der Waals surface area contributed by atoms with Crippen LogP contribution in [0.2, 0.25) is 5.02 Å². The molecule has 0 spiro atoms. The third-order valence-corrected chi connectivity index (χ3v) is 4.19. The maximum atomic E-state index is 11.9. The van der Waals surface area contributed by atoms with Gasteiger partial charge in [0.2, 0.25) is 0 Å². The molecule has 0 aliphatic rings. The largest absolute Gasteiger partial charge is 0.455 e. The fraction of sp³-hybridized carbons (Fsp3) is 0. The second kappa shape index (κ2) is 7.63. The maximum Gasteiger partial charge on any atom is 0.271 e. The van der Waals surface area contributed by atoms with Crippen molar-refractivity contribution in [3.05, 3.63) is 80.6 Å². The molecule has 0 bridgehead atoms. The SMILES string of the molecule is O=C(N/N=C/c1ccc(-c2ccc(Cl)cc2)o1)c1ccc(I)cc1. The van der Waals surface area contributed by atoms with Crippen molar-refractivity contribution in [2.45, 2.75) is 0 Å². The van der Waals surface area contributed by atoms with E-state index in [0.717, 1.165) is 9.13 Å². The van der Waals surface area contributed by atoms with E-state index in [1.165, 1.54) is 6.21 Å². The molecular formula is C18H12ClIN2O2. The number of benzene rings is 2. The molecule has 3 aromatic rings. The van der Waals surface area contributed by atoms with E-state index in [1.807, 2.05) is 30.3 Å². The number of rotatable bonds is 4. The summed E-state index contributed by atoms with van der Waals surface area (Å²) < 4.78 is 6.74. The molecule has 0 saturated heterocycles. The number of hydrogen-bond acceptors (Lipinski definition) is 3. The van der Waals surface area contributed by atoms with Gasteiger partial charge in [-0.1, -0.05) is 11.6 Å². The van der Waals surface area contributed by atoms with Gasteiger partial charge in [-0.25, -0.2) is 5.43 Å². The summed E-state index contributed by atoms with van der Waals surface area (Å²) in [7, 11) is 0. The molecule has 4 nitrogen and oxygen atoms in total. The Labute approximate surface area is 157 Å². The van der Waals surface area contributed by atoms with Gasteiger partial charge in [0.05, 0.1) is 6.21 Å². The Morgan fingerprint density at radius 2 is 1.75 bits per heavy atom. The number of nitrogens with one attached hydrogen (secondary N) is 1. The third-order valence-electron chi connectivity index (χ3n) is 3.22. The van der Waals surface area contributed by atoms with Crippen LogP contribution in [0.5, 0.6) is 0 Å². The Bertz CT molecular complexity index is 871. The summed E-state index contributed by atoms with van der Waals surface area (Å²) in [6, 6.07) is 18.2. The first kappa shape index (κ1) is 16.7. The summed E-state index contributed by atoms with van der Waals surface area (Å²) in [6.45, 7) is 0. The van der Waals surface area contributed by atoms with Gasteiger partial charge in [-0.15, -0.1) is 0 Å². The molecule has 0 saturated carbocycles. The normalized spacial score (nSPS) is 10.9. The van der Waals surface area contributed by atoms with E-state index < -0.39 is 0 Å². The van der Waals surface area contributed by atoms with Crippen LogP contribution in [-0.2, 0) is 0 Å². The lowest BCUT2D eigenvalue weighted by Gasteiger charge is -1.99. The number of furan rings is 1. The van der Waals surface area contributed by atoms with Crippen LogP contribution < -0.4 is 5.43 Å². The molecule has 120 valence electrons. The minimum Gasteiger partial charge on any atom is -0.455 e. The number of hydrazone groups is 1. The summed E-state index contributed by atoms with van der Waals surface area (Å²) >= 11 is 8.05. The molecule has 0 aliphatic carbocycles. The monoisotopic (exact) mass is 450 g/mol. The maximum absolute atomic E-state index is 11.9. The van der Waals surface area contributed by atoms with Crippen LogP contribution in [0.1, 0.15) is 16.1 Å². The molecular weight excluding hydrogens is 439 g/mol. The topological polar surface area (TPSA) is 54.6 Å². The van der Waals surface area contributed by atoms with Gasteiger partial charge in [-0.2, -0.15) is 5.10 Å². The Morgan fingerprint density at radius 3 is 2.46 bits per heavy atom. The van der Waals surface area contributed by atoms with Gasteiger partial charge in [-0.05, 0) is 83.3 Å². The van der Waals surface area contributed by atoms with E-state index in [-0.39, 0.29) is 5.91 Å². The van der Waals surface area contributed by atoms with Crippen molar-refractivity contribution in [1.82, 2.24) is 5.43 Å². The fourth-order valence-electron chi connectivity index (χ4n) is 2.01. The zero-order valence-corrected chi connectivity index (χ0v) is 15.3. The van der Waals surface area contributed by atoms with Crippen molar-refractivity contribution in [2.75, 3.05) is 0 Å². The molecule has 24 heavy (non-hydrogen) atoms. The minimum atomic E-state index is -0.271. The van der Waals surface area contributed by atoms with E-state index in [9.17, 15) is 4.79 Å². The molecule has 1 aromatic heterocycles. The van der Waals surface area contributed by atoms with E-state index in [1.54, 1.807) is 30.3 Å². The van der Waals surface area contributed by atoms with Gasteiger partial charge in [0, 0.05) is 19.7 Å². The first-order valence-corrected chi connectivity index (χ1v) is 8.52. The molecule has 0 atom stereocenters. The summed E-state index contributed by atoms with van der Waals surface area (Å²) in [5.41, 5.74) is 3.94. The molecule has 0 radical (unpaired) electrons. The predicted octanol–water partition coefficient (Wildman–Crippen LogP) is 4.97. The van der Waals surface area contributed by atoms with Crippen molar-refractivity contribution < 1.29 is 9.21 Å². The van der Waals surface area contributed by atoms with Crippen LogP contribution >= 0.6 is 34.2 Å². The second-order valence-corrected chi connectivity index (χ2v) is 6.60. The number of amides is 1. The molecule has 6 heteroatoms. The van der Waals surface area contributed by atoms with Crippen molar-refractivity contribution >= 4 is 46.3 Å². The van der Waals surface area contributed by atoms with Crippen LogP contribution in [0.25, 0.3) is 11.3 Å². The van der Waals surface area contributed by atoms with Crippen LogP contribution in [0, 0.1) is 3.57 Å². The van der Waals surface area contributed by atoms with E-state index in [0.29, 0.717) is 22.1 Å². The van der Waals surface area contributed by atoms with Gasteiger partial charge >= 0.3 is 0 Å². The highest BCUT2D eigenvalue weighted by Gasteiger charge is 2.05. The fourth-order valence-corrected chi connectivity index (χ4v) is 2.50. The third kappa shape index (κ3) is 4.24. The molecule has 1 heterocycles. The Hall–Kier alpha value is -2.12. The Balaban J connectivity index is 1.64. The predicted molar refractivity (Wildman–Crippen MR) is 103 cm³/mol. The summed E-state index contributed by atoms with van der Waals surface area (Å²) in [6.07, 6.45) is 1.46.